The van der Waals surface area contributed by atoms with Gasteiger partial charge in [-0.1, -0.05) is 18.2 Å². The first kappa shape index (κ1) is 12.7. The maximum absolute atomic E-state index is 13.8. The number of alkyl halides is 1. The lowest BCUT2D eigenvalue weighted by atomic mass is 9.97. The van der Waals surface area contributed by atoms with E-state index in [-0.39, 0.29) is 0 Å². The van der Waals surface area contributed by atoms with Gasteiger partial charge in [-0.3, -0.25) is 0 Å². The number of hydrogen-bond acceptors (Lipinski definition) is 2. The van der Waals surface area contributed by atoms with Gasteiger partial charge in [-0.25, -0.2) is 4.39 Å². The van der Waals surface area contributed by atoms with Crippen LogP contribution in [0.5, 0.6) is 5.75 Å². The Hall–Kier alpha value is -1.35. The second-order valence-corrected chi connectivity index (χ2v) is 4.07. The molecule has 16 heavy (non-hydrogen) atoms. The Morgan fingerprint density at radius 3 is 2.62 bits per heavy atom. The molecule has 0 fully saturated rings. The lowest BCUT2D eigenvalue weighted by molar-refractivity contribution is 0.221. The zero-order chi connectivity index (χ0) is 12.2. The Morgan fingerprint density at radius 2 is 2.12 bits per heavy atom. The number of methoxy groups -OCH3 is 1. The maximum Gasteiger partial charge on any atom is 0.130 e. The molecule has 1 aromatic rings. The van der Waals surface area contributed by atoms with Crippen LogP contribution in [0, 0.1) is 0 Å². The van der Waals surface area contributed by atoms with Crippen LogP contribution in [0.1, 0.15) is 25.0 Å². The van der Waals surface area contributed by atoms with E-state index in [0.29, 0.717) is 12.1 Å². The molecule has 0 unspecified atom stereocenters. The van der Waals surface area contributed by atoms with Crippen molar-refractivity contribution in [2.75, 3.05) is 13.7 Å². The van der Waals surface area contributed by atoms with E-state index in [0.717, 1.165) is 11.3 Å². The molecule has 2 N–H and O–H groups in total. The van der Waals surface area contributed by atoms with Gasteiger partial charge in [-0.2, -0.15) is 0 Å². The van der Waals surface area contributed by atoms with E-state index in [1.165, 1.54) is 13.8 Å². The van der Waals surface area contributed by atoms with Crippen LogP contribution < -0.4 is 10.5 Å². The van der Waals surface area contributed by atoms with Crippen LogP contribution in [0.3, 0.4) is 0 Å². The smallest absolute Gasteiger partial charge is 0.130 e. The normalized spacial score (nSPS) is 12.1. The van der Waals surface area contributed by atoms with E-state index >= 15 is 0 Å². The molecular weight excluding hydrogens is 205 g/mol. The third-order valence-corrected chi connectivity index (χ3v) is 2.35. The van der Waals surface area contributed by atoms with E-state index in [9.17, 15) is 4.39 Å². The summed E-state index contributed by atoms with van der Waals surface area (Å²) in [5.74, 6) is 0.720. The molecule has 0 aromatic heterocycles. The summed E-state index contributed by atoms with van der Waals surface area (Å²) in [4.78, 5) is 0. The van der Waals surface area contributed by atoms with E-state index < -0.39 is 5.67 Å². The Kier molecular flexibility index (Phi) is 4.07. The summed E-state index contributed by atoms with van der Waals surface area (Å²) in [5.41, 5.74) is 5.51. The fourth-order valence-electron chi connectivity index (χ4n) is 1.43. The molecule has 0 saturated heterocycles. The zero-order valence-corrected chi connectivity index (χ0v) is 9.96. The first-order valence-electron chi connectivity index (χ1n) is 5.23. The van der Waals surface area contributed by atoms with Gasteiger partial charge in [-0.05, 0) is 31.5 Å². The predicted octanol–water partition coefficient (Wildman–Crippen LogP) is 2.87. The summed E-state index contributed by atoms with van der Waals surface area (Å²) in [6.07, 6.45) is 3.65. The summed E-state index contributed by atoms with van der Waals surface area (Å²) in [6.45, 7) is 3.52. The Morgan fingerprint density at radius 1 is 1.44 bits per heavy atom. The van der Waals surface area contributed by atoms with Gasteiger partial charge in [0, 0.05) is 12.1 Å². The van der Waals surface area contributed by atoms with E-state index in [1.807, 2.05) is 12.2 Å². The van der Waals surface area contributed by atoms with Crippen molar-refractivity contribution in [3.8, 4) is 5.75 Å². The minimum Gasteiger partial charge on any atom is -0.496 e. The molecule has 0 aliphatic carbocycles. The van der Waals surface area contributed by atoms with Crippen LogP contribution in [-0.2, 0) is 5.67 Å². The van der Waals surface area contributed by atoms with Crippen LogP contribution in [0.4, 0.5) is 4.39 Å². The van der Waals surface area contributed by atoms with Gasteiger partial charge in [0.2, 0.25) is 0 Å². The third-order valence-electron chi connectivity index (χ3n) is 2.35. The van der Waals surface area contributed by atoms with Gasteiger partial charge < -0.3 is 10.5 Å². The SMILES string of the molecule is COc1ccc(C(C)(C)F)cc1/C=C/CN. The molecule has 0 aliphatic heterocycles. The Bertz CT molecular complexity index is 380. The standard InChI is InChI=1S/C13H18FNO/c1-13(2,14)11-6-7-12(16-3)10(9-11)5-4-8-15/h4-7,9H,8,15H2,1-3H3/b5-4+. The molecule has 0 spiro atoms. The summed E-state index contributed by atoms with van der Waals surface area (Å²) >= 11 is 0. The number of halogens is 1. The number of ether oxygens (including phenoxy) is 1. The fraction of sp³-hybridized carbons (Fsp3) is 0.385. The molecule has 3 heteroatoms. The van der Waals surface area contributed by atoms with Gasteiger partial charge in [0.1, 0.15) is 11.4 Å². The monoisotopic (exact) mass is 223 g/mol. The minimum atomic E-state index is -1.35. The van der Waals surface area contributed by atoms with Gasteiger partial charge in [0.25, 0.3) is 0 Å². The second-order valence-electron chi connectivity index (χ2n) is 4.07. The highest BCUT2D eigenvalue weighted by molar-refractivity contribution is 5.59. The summed E-state index contributed by atoms with van der Waals surface area (Å²) in [7, 11) is 1.59. The highest BCUT2D eigenvalue weighted by Gasteiger charge is 2.19. The molecule has 1 aromatic carbocycles. The molecule has 0 heterocycles. The largest absolute Gasteiger partial charge is 0.496 e. The van der Waals surface area contributed by atoms with Crippen molar-refractivity contribution in [1.29, 1.82) is 0 Å². The lowest BCUT2D eigenvalue weighted by Crippen LogP contribution is -2.09. The van der Waals surface area contributed by atoms with E-state index in [4.69, 9.17) is 10.5 Å². The molecule has 0 amide bonds. The first-order chi connectivity index (χ1) is 7.49. The zero-order valence-electron chi connectivity index (χ0n) is 9.96. The predicted molar refractivity (Wildman–Crippen MR) is 65.2 cm³/mol. The molecule has 88 valence electrons. The summed E-state index contributed by atoms with van der Waals surface area (Å²) in [6, 6.07) is 5.29. The summed E-state index contributed by atoms with van der Waals surface area (Å²) in [5, 5.41) is 0. The maximum atomic E-state index is 13.8. The van der Waals surface area contributed by atoms with E-state index in [1.54, 1.807) is 25.3 Å². The van der Waals surface area contributed by atoms with Crippen molar-refractivity contribution in [2.24, 2.45) is 5.73 Å². The Balaban J connectivity index is 3.16. The molecular formula is C13H18FNO. The first-order valence-corrected chi connectivity index (χ1v) is 5.23. The minimum absolute atomic E-state index is 0.451. The fourth-order valence-corrected chi connectivity index (χ4v) is 1.43. The van der Waals surface area contributed by atoms with Gasteiger partial charge in [-0.15, -0.1) is 0 Å². The highest BCUT2D eigenvalue weighted by Crippen LogP contribution is 2.29. The van der Waals surface area contributed by atoms with Crippen LogP contribution in [0.15, 0.2) is 24.3 Å². The number of benzene rings is 1. The van der Waals surface area contributed by atoms with Crippen LogP contribution in [0.2, 0.25) is 0 Å². The van der Waals surface area contributed by atoms with Crippen LogP contribution in [0.25, 0.3) is 6.08 Å². The van der Waals surface area contributed by atoms with Crippen LogP contribution >= 0.6 is 0 Å². The summed E-state index contributed by atoms with van der Waals surface area (Å²) < 4.78 is 19.0. The van der Waals surface area contributed by atoms with Crippen molar-refractivity contribution in [3.63, 3.8) is 0 Å². The molecule has 2 nitrogen and oxygen atoms in total. The average molecular weight is 223 g/mol. The third kappa shape index (κ3) is 3.07. The van der Waals surface area contributed by atoms with Crippen molar-refractivity contribution >= 4 is 6.08 Å². The molecule has 0 radical (unpaired) electrons. The van der Waals surface area contributed by atoms with Gasteiger partial charge >= 0.3 is 0 Å². The van der Waals surface area contributed by atoms with Gasteiger partial charge in [0.05, 0.1) is 7.11 Å². The molecule has 1 rings (SSSR count). The van der Waals surface area contributed by atoms with E-state index in [2.05, 4.69) is 0 Å². The molecule has 0 bridgehead atoms. The Labute approximate surface area is 95.9 Å². The molecule has 0 aliphatic rings. The number of nitrogens with two attached hydrogens (primary N) is 1. The van der Waals surface area contributed by atoms with Crippen molar-refractivity contribution in [1.82, 2.24) is 0 Å². The van der Waals surface area contributed by atoms with Crippen LogP contribution in [-0.4, -0.2) is 13.7 Å². The molecule has 0 atom stereocenters. The average Bonchev–Trinajstić information content (AvgIpc) is 2.24. The van der Waals surface area contributed by atoms with Crippen molar-refractivity contribution in [2.45, 2.75) is 19.5 Å². The second kappa shape index (κ2) is 5.12. The van der Waals surface area contributed by atoms with Crippen molar-refractivity contribution in [3.05, 3.63) is 35.4 Å². The number of rotatable bonds is 4. The van der Waals surface area contributed by atoms with Gasteiger partial charge in [0.15, 0.2) is 0 Å². The van der Waals surface area contributed by atoms with Crippen molar-refractivity contribution < 1.29 is 9.13 Å². The lowest BCUT2D eigenvalue weighted by Gasteiger charge is -2.16. The quantitative estimate of drug-likeness (QED) is 0.851. The topological polar surface area (TPSA) is 35.2 Å². The molecule has 0 saturated carbocycles. The highest BCUT2D eigenvalue weighted by atomic mass is 19.1. The number of hydrogen-bond donors (Lipinski definition) is 1.